The van der Waals surface area contributed by atoms with Crippen molar-refractivity contribution < 1.29 is 38.2 Å². The highest BCUT2D eigenvalue weighted by atomic mass is 16.6. The Kier molecular flexibility index (Phi) is 34.1. The number of hydrogen-bond acceptors (Lipinski definition) is 6. The molecule has 2 atom stereocenters. The van der Waals surface area contributed by atoms with Crippen LogP contribution in [0.15, 0.2) is 85.1 Å². The second-order valence-electron chi connectivity index (χ2n) is 14.5. The maximum atomic E-state index is 12.6. The van der Waals surface area contributed by atoms with Crippen molar-refractivity contribution >= 4 is 17.9 Å². The molecule has 0 saturated heterocycles. The zero-order chi connectivity index (χ0) is 40.0. The summed E-state index contributed by atoms with van der Waals surface area (Å²) >= 11 is 0. The van der Waals surface area contributed by atoms with Crippen LogP contribution in [0.4, 0.5) is 0 Å². The van der Waals surface area contributed by atoms with Crippen LogP contribution in [0.2, 0.25) is 0 Å². The number of quaternary nitrogens is 1. The van der Waals surface area contributed by atoms with Gasteiger partial charge in [0.1, 0.15) is 6.61 Å². The molecule has 0 radical (unpaired) electrons. The topological polar surface area (TPSA) is 99.1 Å². The Morgan fingerprint density at radius 2 is 1.06 bits per heavy atom. The Morgan fingerprint density at radius 3 is 1.57 bits per heavy atom. The Morgan fingerprint density at radius 1 is 0.574 bits per heavy atom. The van der Waals surface area contributed by atoms with Gasteiger partial charge in [-0.3, -0.25) is 9.59 Å². The summed E-state index contributed by atoms with van der Waals surface area (Å²) in [5.74, 6) is -1.58. The number of aliphatic carboxylic acids is 1. The third-order valence-corrected chi connectivity index (χ3v) is 8.53. The van der Waals surface area contributed by atoms with Crippen LogP contribution in [0.5, 0.6) is 0 Å². The van der Waals surface area contributed by atoms with Crippen molar-refractivity contribution in [2.75, 3.05) is 41.0 Å². The maximum Gasteiger partial charge on any atom is 0.362 e. The van der Waals surface area contributed by atoms with E-state index in [2.05, 4.69) is 98.9 Å². The van der Waals surface area contributed by atoms with Crippen LogP contribution in [0.1, 0.15) is 136 Å². The van der Waals surface area contributed by atoms with Gasteiger partial charge in [0.2, 0.25) is 0 Å². The van der Waals surface area contributed by atoms with Crippen molar-refractivity contribution in [3.05, 3.63) is 85.1 Å². The van der Waals surface area contributed by atoms with Crippen LogP contribution < -0.4 is 0 Å². The van der Waals surface area contributed by atoms with Gasteiger partial charge in [-0.2, -0.15) is 0 Å². The largest absolute Gasteiger partial charge is 0.477 e. The van der Waals surface area contributed by atoms with Crippen molar-refractivity contribution in [2.24, 2.45) is 0 Å². The number of esters is 2. The fourth-order valence-corrected chi connectivity index (χ4v) is 5.33. The molecule has 0 spiro atoms. The number of carbonyl (C=O) groups excluding carboxylic acids is 2. The summed E-state index contributed by atoms with van der Waals surface area (Å²) in [6.07, 6.45) is 46.5. The number of carbonyl (C=O) groups is 3. The lowest BCUT2D eigenvalue weighted by Gasteiger charge is -2.31. The number of hydrogen-bond donors (Lipinski definition) is 1. The van der Waals surface area contributed by atoms with Crippen LogP contribution in [-0.4, -0.2) is 80.6 Å². The molecular formula is C46H76NO7+. The van der Waals surface area contributed by atoms with Crippen molar-refractivity contribution in [3.63, 3.8) is 0 Å². The lowest BCUT2D eigenvalue weighted by atomic mass is 10.1. The third kappa shape index (κ3) is 34.3. The number of carboxylic acids is 1. The maximum absolute atomic E-state index is 12.6. The fraction of sp³-hybridized carbons (Fsp3) is 0.630. The molecule has 8 heteroatoms. The first kappa shape index (κ1) is 50.5. The van der Waals surface area contributed by atoms with E-state index in [1.54, 1.807) is 0 Å². The van der Waals surface area contributed by atoms with E-state index < -0.39 is 18.1 Å². The quantitative estimate of drug-likeness (QED) is 0.0298. The van der Waals surface area contributed by atoms with Gasteiger partial charge in [-0.1, -0.05) is 118 Å². The molecule has 0 rings (SSSR count). The Bertz CT molecular complexity index is 1160. The minimum atomic E-state index is -0.890. The summed E-state index contributed by atoms with van der Waals surface area (Å²) in [7, 11) is 5.48. The predicted molar refractivity (Wildman–Crippen MR) is 224 cm³/mol. The smallest absolute Gasteiger partial charge is 0.362 e. The van der Waals surface area contributed by atoms with Gasteiger partial charge in [0.05, 0.1) is 34.4 Å². The molecule has 0 aromatic carbocycles. The summed E-state index contributed by atoms with van der Waals surface area (Å²) in [5, 5.41) is 9.58. The molecule has 0 heterocycles. The fourth-order valence-electron chi connectivity index (χ4n) is 5.33. The average Bonchev–Trinajstić information content (AvgIpc) is 3.12. The molecule has 0 aromatic rings. The molecule has 0 aliphatic heterocycles. The third-order valence-electron chi connectivity index (χ3n) is 8.53. The lowest BCUT2D eigenvalue weighted by Crippen LogP contribution is -2.50. The molecular weight excluding hydrogens is 679 g/mol. The average molecular weight is 755 g/mol. The Balaban J connectivity index is 4.43. The summed E-state index contributed by atoms with van der Waals surface area (Å²) < 4.78 is 17.1. The predicted octanol–water partition coefficient (Wildman–Crippen LogP) is 11.0. The SMILES string of the molecule is CC/C=C/C/C=C/C/C=C/C/C=C/C/C=C/C/C=C/CCCCC(=O)OCC(COCCC(C(=O)O)[N+](C)(C)C)OC(=O)CCC/C=C/CCCCCC. The van der Waals surface area contributed by atoms with Gasteiger partial charge in [0.15, 0.2) is 12.1 Å². The van der Waals surface area contributed by atoms with E-state index in [-0.39, 0.29) is 42.7 Å². The van der Waals surface area contributed by atoms with Crippen molar-refractivity contribution in [2.45, 2.75) is 148 Å². The van der Waals surface area contributed by atoms with Crippen LogP contribution in [-0.2, 0) is 28.6 Å². The van der Waals surface area contributed by atoms with Crippen LogP contribution in [0.25, 0.3) is 0 Å². The molecule has 0 saturated carbocycles. The highest BCUT2D eigenvalue weighted by Gasteiger charge is 2.31. The van der Waals surface area contributed by atoms with E-state index >= 15 is 0 Å². The standard InChI is InChI=1S/C46H75NO7/c1-6-8-10-12-14-16-17-18-19-20-21-22-23-24-25-26-27-29-30-32-34-36-44(48)53-41-42(40-52-39-38-43(46(50)51)47(3,4)5)54-45(49)37-35-33-31-28-15-13-11-9-7-2/h8,10,14,16,18-19,21-22,24-25,27-29,31,42-43H,6-7,9,11-13,15,17,20,23,26,30,32-41H2,1-5H3/p+1/b10-8+,16-14+,19-18+,22-21+,25-24+,29-27+,31-28+. The van der Waals surface area contributed by atoms with Crippen LogP contribution in [0.3, 0.4) is 0 Å². The van der Waals surface area contributed by atoms with Crippen LogP contribution >= 0.6 is 0 Å². The van der Waals surface area contributed by atoms with Gasteiger partial charge in [-0.25, -0.2) is 4.79 Å². The first-order valence-electron chi connectivity index (χ1n) is 20.6. The molecule has 0 aliphatic rings. The lowest BCUT2D eigenvalue weighted by molar-refractivity contribution is -0.887. The van der Waals surface area contributed by atoms with E-state index in [0.29, 0.717) is 25.7 Å². The Hall–Kier alpha value is -3.49. The summed E-state index contributed by atoms with van der Waals surface area (Å²) in [5.41, 5.74) is 0. The van der Waals surface area contributed by atoms with Crippen LogP contribution in [0, 0.1) is 0 Å². The molecule has 0 bridgehead atoms. The van der Waals surface area contributed by atoms with Gasteiger partial charge in [0.25, 0.3) is 0 Å². The molecule has 0 aliphatic carbocycles. The Labute approximate surface area is 329 Å². The highest BCUT2D eigenvalue weighted by molar-refractivity contribution is 5.72. The van der Waals surface area contributed by atoms with Crippen molar-refractivity contribution in [1.29, 1.82) is 0 Å². The minimum Gasteiger partial charge on any atom is -0.477 e. The second-order valence-corrected chi connectivity index (χ2v) is 14.5. The van der Waals surface area contributed by atoms with E-state index in [0.717, 1.165) is 64.2 Å². The number of nitrogens with zero attached hydrogens (tertiary/aromatic N) is 1. The van der Waals surface area contributed by atoms with E-state index in [4.69, 9.17) is 14.2 Å². The summed E-state index contributed by atoms with van der Waals surface area (Å²) in [6, 6.07) is -0.628. The second kappa shape index (κ2) is 36.5. The highest BCUT2D eigenvalue weighted by Crippen LogP contribution is 2.11. The molecule has 54 heavy (non-hydrogen) atoms. The van der Waals surface area contributed by atoms with Crippen molar-refractivity contribution in [3.8, 4) is 0 Å². The van der Waals surface area contributed by atoms with Gasteiger partial charge >= 0.3 is 17.9 Å². The number of unbranched alkanes of at least 4 members (excludes halogenated alkanes) is 7. The molecule has 0 aromatic heterocycles. The van der Waals surface area contributed by atoms with E-state index in [9.17, 15) is 19.5 Å². The summed E-state index contributed by atoms with van der Waals surface area (Å²) in [6.45, 7) is 4.48. The number of ether oxygens (including phenoxy) is 3. The first-order chi connectivity index (χ1) is 26.1. The summed E-state index contributed by atoms with van der Waals surface area (Å²) in [4.78, 5) is 36.8. The molecule has 0 fully saturated rings. The monoisotopic (exact) mass is 755 g/mol. The molecule has 306 valence electrons. The zero-order valence-electron chi connectivity index (χ0n) is 34.6. The zero-order valence-corrected chi connectivity index (χ0v) is 34.6. The number of likely N-dealkylation sites (N-methyl/N-ethyl adjacent to an activating group) is 1. The molecule has 8 nitrogen and oxygen atoms in total. The van der Waals surface area contributed by atoms with Gasteiger partial charge in [0, 0.05) is 19.3 Å². The molecule has 1 N–H and O–H groups in total. The van der Waals surface area contributed by atoms with E-state index in [1.807, 2.05) is 21.1 Å². The minimum absolute atomic E-state index is 0.0306. The number of carboxylic acid groups (broad SMARTS) is 1. The normalized spacial score (nSPS) is 13.9. The van der Waals surface area contributed by atoms with E-state index in [1.165, 1.54) is 25.7 Å². The number of allylic oxidation sites excluding steroid dienone is 14. The van der Waals surface area contributed by atoms with Gasteiger partial charge in [-0.15, -0.1) is 0 Å². The van der Waals surface area contributed by atoms with Gasteiger partial charge in [-0.05, 0) is 83.5 Å². The van der Waals surface area contributed by atoms with Gasteiger partial charge < -0.3 is 23.8 Å². The number of rotatable bonds is 35. The first-order valence-corrected chi connectivity index (χ1v) is 20.6. The van der Waals surface area contributed by atoms with Crippen molar-refractivity contribution in [1.82, 2.24) is 0 Å². The molecule has 0 amide bonds. The molecule has 2 unspecified atom stereocenters.